The maximum Gasteiger partial charge on any atom is 0.254 e. The minimum atomic E-state index is -0.189. The van der Waals surface area contributed by atoms with Gasteiger partial charge in [-0.15, -0.1) is 0 Å². The molecule has 0 aliphatic rings. The molecule has 0 spiro atoms. The SMILES string of the molecule is COc1ccc(C(=O)N(C)Cc2nc(-c3ccc(C)cc3)no2)cc1OC. The van der Waals surface area contributed by atoms with Crippen LogP contribution < -0.4 is 9.47 Å². The predicted octanol–water partition coefficient (Wildman–Crippen LogP) is 3.33. The maximum absolute atomic E-state index is 12.7. The van der Waals surface area contributed by atoms with Gasteiger partial charge >= 0.3 is 0 Å². The van der Waals surface area contributed by atoms with Gasteiger partial charge in [-0.2, -0.15) is 4.98 Å². The van der Waals surface area contributed by atoms with Crippen LogP contribution in [0.5, 0.6) is 11.5 Å². The van der Waals surface area contributed by atoms with E-state index in [2.05, 4.69) is 10.1 Å². The van der Waals surface area contributed by atoms with Gasteiger partial charge in [0.2, 0.25) is 11.7 Å². The minimum Gasteiger partial charge on any atom is -0.493 e. The molecule has 0 fully saturated rings. The van der Waals surface area contributed by atoms with E-state index in [-0.39, 0.29) is 12.5 Å². The third kappa shape index (κ3) is 4.08. The normalized spacial score (nSPS) is 10.5. The standard InChI is InChI=1S/C20H21N3O4/c1-13-5-7-14(8-6-13)19-21-18(27-22-19)12-23(2)20(24)15-9-10-16(25-3)17(11-15)26-4/h5-11H,12H2,1-4H3. The Labute approximate surface area is 157 Å². The highest BCUT2D eigenvalue weighted by molar-refractivity contribution is 5.94. The number of ether oxygens (including phenoxy) is 2. The van der Waals surface area contributed by atoms with Gasteiger partial charge in [-0.25, -0.2) is 0 Å². The summed E-state index contributed by atoms with van der Waals surface area (Å²) >= 11 is 0. The van der Waals surface area contributed by atoms with Gasteiger partial charge in [0, 0.05) is 18.2 Å². The average molecular weight is 367 g/mol. The molecule has 1 heterocycles. The first kappa shape index (κ1) is 18.4. The van der Waals surface area contributed by atoms with E-state index in [1.807, 2.05) is 31.2 Å². The van der Waals surface area contributed by atoms with Crippen LogP contribution in [-0.4, -0.2) is 42.2 Å². The molecular weight excluding hydrogens is 346 g/mol. The summed E-state index contributed by atoms with van der Waals surface area (Å²) in [5.41, 5.74) is 2.50. The molecule has 1 aromatic heterocycles. The predicted molar refractivity (Wildman–Crippen MR) is 99.8 cm³/mol. The summed E-state index contributed by atoms with van der Waals surface area (Å²) in [6.07, 6.45) is 0. The Morgan fingerprint density at radius 3 is 2.44 bits per heavy atom. The van der Waals surface area contributed by atoms with Crippen LogP contribution in [-0.2, 0) is 6.54 Å². The molecular formula is C20H21N3O4. The molecule has 0 radical (unpaired) electrons. The highest BCUT2D eigenvalue weighted by atomic mass is 16.5. The van der Waals surface area contributed by atoms with Crippen LogP contribution in [0.2, 0.25) is 0 Å². The molecule has 0 N–H and O–H groups in total. The Balaban J connectivity index is 1.72. The molecule has 0 saturated heterocycles. The Bertz CT molecular complexity index is 935. The number of methoxy groups -OCH3 is 2. The minimum absolute atomic E-state index is 0.189. The summed E-state index contributed by atoms with van der Waals surface area (Å²) in [5, 5.41) is 3.99. The van der Waals surface area contributed by atoms with Crippen LogP contribution in [0.3, 0.4) is 0 Å². The van der Waals surface area contributed by atoms with Crippen LogP contribution in [0.15, 0.2) is 47.0 Å². The first-order chi connectivity index (χ1) is 13.0. The number of rotatable bonds is 6. The Morgan fingerprint density at radius 1 is 1.07 bits per heavy atom. The summed E-state index contributed by atoms with van der Waals surface area (Å²) in [4.78, 5) is 18.5. The molecule has 3 rings (SSSR count). The van der Waals surface area contributed by atoms with Crippen molar-refractivity contribution < 1.29 is 18.8 Å². The van der Waals surface area contributed by atoms with E-state index >= 15 is 0 Å². The second-order valence-corrected chi connectivity index (χ2v) is 6.11. The lowest BCUT2D eigenvalue weighted by atomic mass is 10.1. The van der Waals surface area contributed by atoms with Gasteiger partial charge in [-0.05, 0) is 25.1 Å². The van der Waals surface area contributed by atoms with Crippen LogP contribution in [0.1, 0.15) is 21.8 Å². The zero-order valence-corrected chi connectivity index (χ0v) is 15.7. The number of aromatic nitrogens is 2. The Morgan fingerprint density at radius 2 is 1.78 bits per heavy atom. The van der Waals surface area contributed by atoms with Crippen LogP contribution in [0.4, 0.5) is 0 Å². The molecule has 3 aromatic rings. The lowest BCUT2D eigenvalue weighted by molar-refractivity contribution is 0.0769. The van der Waals surface area contributed by atoms with Crippen LogP contribution in [0.25, 0.3) is 11.4 Å². The lowest BCUT2D eigenvalue weighted by Gasteiger charge is -2.16. The zero-order chi connectivity index (χ0) is 19.4. The van der Waals surface area contributed by atoms with Crippen molar-refractivity contribution in [3.05, 3.63) is 59.5 Å². The monoisotopic (exact) mass is 367 g/mol. The molecule has 140 valence electrons. The average Bonchev–Trinajstić information content (AvgIpc) is 3.15. The second kappa shape index (κ2) is 7.90. The van der Waals surface area contributed by atoms with E-state index in [0.29, 0.717) is 28.8 Å². The fourth-order valence-electron chi connectivity index (χ4n) is 2.60. The number of carbonyl (C=O) groups is 1. The zero-order valence-electron chi connectivity index (χ0n) is 15.7. The molecule has 0 bridgehead atoms. The molecule has 0 atom stereocenters. The number of carbonyl (C=O) groups excluding carboxylic acids is 1. The van der Waals surface area contributed by atoms with Crippen molar-refractivity contribution in [2.24, 2.45) is 0 Å². The highest BCUT2D eigenvalue weighted by Gasteiger charge is 2.18. The molecule has 0 saturated carbocycles. The van der Waals surface area contributed by atoms with E-state index < -0.39 is 0 Å². The van der Waals surface area contributed by atoms with Gasteiger partial charge < -0.3 is 18.9 Å². The van der Waals surface area contributed by atoms with E-state index in [0.717, 1.165) is 11.1 Å². The Kier molecular flexibility index (Phi) is 5.40. The van der Waals surface area contributed by atoms with Crippen molar-refractivity contribution in [1.82, 2.24) is 15.0 Å². The van der Waals surface area contributed by atoms with Crippen molar-refractivity contribution in [2.45, 2.75) is 13.5 Å². The number of nitrogens with zero attached hydrogens (tertiary/aromatic N) is 3. The summed E-state index contributed by atoms with van der Waals surface area (Å²) < 4.78 is 15.7. The Hall–Kier alpha value is -3.35. The second-order valence-electron chi connectivity index (χ2n) is 6.11. The molecule has 0 aliphatic carbocycles. The fourth-order valence-corrected chi connectivity index (χ4v) is 2.60. The largest absolute Gasteiger partial charge is 0.493 e. The first-order valence-electron chi connectivity index (χ1n) is 8.39. The molecule has 1 amide bonds. The van der Waals surface area contributed by atoms with Gasteiger partial charge in [-0.3, -0.25) is 4.79 Å². The highest BCUT2D eigenvalue weighted by Crippen LogP contribution is 2.28. The smallest absolute Gasteiger partial charge is 0.254 e. The quantitative estimate of drug-likeness (QED) is 0.665. The summed E-state index contributed by atoms with van der Waals surface area (Å²) in [5.74, 6) is 1.73. The van der Waals surface area contributed by atoms with E-state index in [4.69, 9.17) is 14.0 Å². The molecule has 2 aromatic carbocycles. The first-order valence-corrected chi connectivity index (χ1v) is 8.39. The number of benzene rings is 2. The van der Waals surface area contributed by atoms with Crippen LogP contribution in [0, 0.1) is 6.92 Å². The van der Waals surface area contributed by atoms with Gasteiger partial charge in [0.05, 0.1) is 20.8 Å². The number of amides is 1. The van der Waals surface area contributed by atoms with Crippen molar-refractivity contribution >= 4 is 5.91 Å². The number of hydrogen-bond donors (Lipinski definition) is 0. The molecule has 7 heteroatoms. The van der Waals surface area contributed by atoms with Crippen molar-refractivity contribution in [2.75, 3.05) is 21.3 Å². The van der Waals surface area contributed by atoms with Gasteiger partial charge in [0.25, 0.3) is 5.91 Å². The number of hydrogen-bond acceptors (Lipinski definition) is 6. The molecule has 0 aliphatic heterocycles. The van der Waals surface area contributed by atoms with Crippen LogP contribution >= 0.6 is 0 Å². The van der Waals surface area contributed by atoms with Gasteiger partial charge in [0.15, 0.2) is 11.5 Å². The third-order valence-corrected chi connectivity index (χ3v) is 4.13. The fraction of sp³-hybridized carbons (Fsp3) is 0.250. The summed E-state index contributed by atoms with van der Waals surface area (Å²) in [6.45, 7) is 2.21. The summed E-state index contributed by atoms with van der Waals surface area (Å²) in [6, 6.07) is 12.9. The van der Waals surface area contributed by atoms with E-state index in [9.17, 15) is 4.79 Å². The maximum atomic E-state index is 12.7. The lowest BCUT2D eigenvalue weighted by Crippen LogP contribution is -2.26. The number of aryl methyl sites for hydroxylation is 1. The van der Waals surface area contributed by atoms with Gasteiger partial charge in [-0.1, -0.05) is 35.0 Å². The van der Waals surface area contributed by atoms with E-state index in [1.54, 1.807) is 32.4 Å². The van der Waals surface area contributed by atoms with Crippen molar-refractivity contribution in [3.8, 4) is 22.9 Å². The topological polar surface area (TPSA) is 77.7 Å². The third-order valence-electron chi connectivity index (χ3n) is 4.13. The molecule has 7 nitrogen and oxygen atoms in total. The van der Waals surface area contributed by atoms with Gasteiger partial charge in [0.1, 0.15) is 0 Å². The molecule has 27 heavy (non-hydrogen) atoms. The van der Waals surface area contributed by atoms with E-state index in [1.165, 1.54) is 12.0 Å². The van der Waals surface area contributed by atoms with Crippen molar-refractivity contribution in [3.63, 3.8) is 0 Å². The molecule has 0 unspecified atom stereocenters. The van der Waals surface area contributed by atoms with Crippen molar-refractivity contribution in [1.29, 1.82) is 0 Å². The summed E-state index contributed by atoms with van der Waals surface area (Å²) in [7, 11) is 4.75.